The van der Waals surface area contributed by atoms with E-state index in [2.05, 4.69) is 10.2 Å². The molecule has 1 atom stereocenters. The molecule has 4 heterocycles. The van der Waals surface area contributed by atoms with Crippen LogP contribution < -0.4 is 5.32 Å². The number of hydrogen-bond acceptors (Lipinski definition) is 6. The number of alkyl halides is 6. The van der Waals surface area contributed by atoms with Crippen LogP contribution in [-0.4, -0.2) is 124 Å². The third kappa shape index (κ3) is 9.28. The molecule has 2 N–H and O–H groups in total. The number of urea groups is 1. The van der Waals surface area contributed by atoms with Gasteiger partial charge in [-0.2, -0.15) is 26.3 Å². The van der Waals surface area contributed by atoms with Gasteiger partial charge in [-0.1, -0.05) is 24.3 Å². The van der Waals surface area contributed by atoms with E-state index in [-0.39, 0.29) is 56.9 Å². The van der Waals surface area contributed by atoms with E-state index >= 15 is 0 Å². The number of piperidine rings is 2. The Labute approximate surface area is 308 Å². The third-order valence-electron chi connectivity index (χ3n) is 11.2. The van der Waals surface area contributed by atoms with E-state index in [1.54, 1.807) is 9.80 Å². The van der Waals surface area contributed by atoms with E-state index in [0.29, 0.717) is 64.5 Å². The summed E-state index contributed by atoms with van der Waals surface area (Å²) in [4.78, 5) is 60.7. The number of carbonyl (C=O) groups is 4. The van der Waals surface area contributed by atoms with Gasteiger partial charge < -0.3 is 25.1 Å². The lowest BCUT2D eigenvalue weighted by molar-refractivity contribution is -0.145. The quantitative estimate of drug-likeness (QED) is 0.345. The molecule has 6 rings (SSSR count). The molecule has 0 saturated carbocycles. The number of amides is 4. The van der Waals surface area contributed by atoms with Crippen molar-refractivity contribution in [3.8, 4) is 0 Å². The number of carboxylic acids is 1. The van der Waals surface area contributed by atoms with Gasteiger partial charge in [0, 0.05) is 83.1 Å². The molecule has 54 heavy (non-hydrogen) atoms. The summed E-state index contributed by atoms with van der Waals surface area (Å²) >= 11 is 0. The van der Waals surface area contributed by atoms with Crippen molar-refractivity contribution in [3.05, 3.63) is 64.7 Å². The zero-order chi connectivity index (χ0) is 38.8. The van der Waals surface area contributed by atoms with Crippen LogP contribution in [0.5, 0.6) is 0 Å². The third-order valence-corrected chi connectivity index (χ3v) is 11.2. The first kappa shape index (κ1) is 39.3. The van der Waals surface area contributed by atoms with Crippen LogP contribution in [0.3, 0.4) is 0 Å². The van der Waals surface area contributed by atoms with Crippen molar-refractivity contribution in [2.75, 3.05) is 64.2 Å². The number of benzene rings is 2. The molecular formula is C37H44F6N6O5. The topological polar surface area (TPSA) is 117 Å². The van der Waals surface area contributed by atoms with Crippen molar-refractivity contribution in [2.24, 2.45) is 5.92 Å². The Bertz CT molecular complexity index is 1700. The molecular weight excluding hydrogens is 722 g/mol. The Morgan fingerprint density at radius 1 is 0.796 bits per heavy atom. The summed E-state index contributed by atoms with van der Waals surface area (Å²) in [6.45, 7) is 3.94. The minimum absolute atomic E-state index is 0.0431. The molecule has 0 radical (unpaired) electrons. The molecule has 2 aromatic carbocycles. The van der Waals surface area contributed by atoms with Crippen molar-refractivity contribution < 1.29 is 50.6 Å². The highest BCUT2D eigenvalue weighted by molar-refractivity contribution is 5.92. The molecule has 0 bridgehead atoms. The number of anilines is 1. The molecule has 4 aliphatic heterocycles. The van der Waals surface area contributed by atoms with Crippen LogP contribution >= 0.6 is 0 Å². The number of likely N-dealkylation sites (tertiary alicyclic amines) is 2. The lowest BCUT2D eigenvalue weighted by atomic mass is 9.89. The summed E-state index contributed by atoms with van der Waals surface area (Å²) in [6, 6.07) is 8.53. The van der Waals surface area contributed by atoms with Crippen LogP contribution in [-0.2, 0) is 39.7 Å². The number of rotatable bonds is 9. The molecule has 0 spiro atoms. The second-order valence-electron chi connectivity index (χ2n) is 14.6. The summed E-state index contributed by atoms with van der Waals surface area (Å²) in [5, 5.41) is 12.0. The maximum absolute atomic E-state index is 14.2. The zero-order valence-corrected chi connectivity index (χ0v) is 29.7. The second kappa shape index (κ2) is 16.2. The van der Waals surface area contributed by atoms with Crippen molar-refractivity contribution in [1.82, 2.24) is 24.5 Å². The van der Waals surface area contributed by atoms with Gasteiger partial charge in [-0.3, -0.25) is 24.2 Å². The average molecular weight is 767 g/mol. The number of carbonyl (C=O) groups excluding carboxylic acids is 3. The van der Waals surface area contributed by atoms with E-state index < -0.39 is 65.6 Å². The van der Waals surface area contributed by atoms with E-state index in [0.717, 1.165) is 17.3 Å². The van der Waals surface area contributed by atoms with Crippen molar-refractivity contribution >= 4 is 29.5 Å². The smallest absolute Gasteiger partial charge is 0.416 e. The minimum atomic E-state index is -5.13. The van der Waals surface area contributed by atoms with Crippen LogP contribution in [0.15, 0.2) is 42.5 Å². The minimum Gasteiger partial charge on any atom is -0.480 e. The van der Waals surface area contributed by atoms with Crippen LogP contribution in [0, 0.1) is 5.92 Å². The molecule has 1 unspecified atom stereocenters. The predicted molar refractivity (Wildman–Crippen MR) is 184 cm³/mol. The second-order valence-corrected chi connectivity index (χ2v) is 14.6. The molecule has 0 aliphatic carbocycles. The first-order chi connectivity index (χ1) is 25.6. The Hall–Kier alpha value is -4.38. The molecule has 2 aromatic rings. The van der Waals surface area contributed by atoms with Crippen LogP contribution in [0.1, 0.15) is 54.4 Å². The number of carboxylic acid groups (broad SMARTS) is 1. The van der Waals surface area contributed by atoms with Gasteiger partial charge in [-0.05, 0) is 61.4 Å². The normalized spacial score (nSPS) is 20.4. The number of halogens is 6. The molecule has 4 amide bonds. The molecule has 294 valence electrons. The summed E-state index contributed by atoms with van der Waals surface area (Å²) in [5.41, 5.74) is -1.75. The van der Waals surface area contributed by atoms with Crippen molar-refractivity contribution in [3.63, 3.8) is 0 Å². The maximum atomic E-state index is 14.2. The van der Waals surface area contributed by atoms with Crippen molar-refractivity contribution in [2.45, 2.75) is 69.5 Å². The Kier molecular flexibility index (Phi) is 11.8. The maximum Gasteiger partial charge on any atom is 0.416 e. The van der Waals surface area contributed by atoms with Crippen LogP contribution in [0.4, 0.5) is 36.8 Å². The SMILES string of the molecule is O=C(O)CN1CCN(C2CCN(C(=O)C(CC(=O)N3CCC(N4Cc5ccccc5NC4=O)CC3)Cc3ccc(C(F)(F)F)cc3C(F)(F)F)CC2)CC1. The summed E-state index contributed by atoms with van der Waals surface area (Å²) < 4.78 is 82.8. The summed E-state index contributed by atoms with van der Waals surface area (Å²) in [7, 11) is 0. The number of para-hydroxylation sites is 1. The number of hydrogen-bond donors (Lipinski definition) is 2. The fourth-order valence-electron chi connectivity index (χ4n) is 8.18. The van der Waals surface area contributed by atoms with Gasteiger partial charge in [0.15, 0.2) is 0 Å². The Balaban J connectivity index is 1.13. The van der Waals surface area contributed by atoms with Gasteiger partial charge in [0.05, 0.1) is 23.6 Å². The summed E-state index contributed by atoms with van der Waals surface area (Å²) in [5.74, 6) is -3.13. The van der Waals surface area contributed by atoms with E-state index in [9.17, 15) is 45.5 Å². The lowest BCUT2D eigenvalue weighted by Gasteiger charge is -2.43. The fraction of sp³-hybridized carbons (Fsp3) is 0.568. The highest BCUT2D eigenvalue weighted by atomic mass is 19.4. The first-order valence-electron chi connectivity index (χ1n) is 18.2. The Morgan fingerprint density at radius 2 is 1.43 bits per heavy atom. The number of piperazine rings is 1. The van der Waals surface area contributed by atoms with E-state index in [1.165, 1.54) is 4.90 Å². The molecule has 3 saturated heterocycles. The largest absolute Gasteiger partial charge is 0.480 e. The first-order valence-corrected chi connectivity index (χ1v) is 18.2. The zero-order valence-electron chi connectivity index (χ0n) is 29.7. The summed E-state index contributed by atoms with van der Waals surface area (Å²) in [6.07, 6.45) is -9.10. The monoisotopic (exact) mass is 766 g/mol. The molecule has 11 nitrogen and oxygen atoms in total. The molecule has 17 heteroatoms. The highest BCUT2D eigenvalue weighted by Gasteiger charge is 2.41. The predicted octanol–water partition coefficient (Wildman–Crippen LogP) is 5.00. The van der Waals surface area contributed by atoms with Crippen molar-refractivity contribution in [1.29, 1.82) is 0 Å². The highest BCUT2D eigenvalue weighted by Crippen LogP contribution is 2.39. The lowest BCUT2D eigenvalue weighted by Crippen LogP contribution is -2.55. The molecule has 3 fully saturated rings. The van der Waals surface area contributed by atoms with Crippen LogP contribution in [0.2, 0.25) is 0 Å². The van der Waals surface area contributed by atoms with Gasteiger partial charge >= 0.3 is 24.4 Å². The number of nitrogens with zero attached hydrogens (tertiary/aromatic N) is 5. The van der Waals surface area contributed by atoms with Gasteiger partial charge in [-0.25, -0.2) is 4.79 Å². The average Bonchev–Trinajstić information content (AvgIpc) is 3.13. The number of aliphatic carboxylic acids is 1. The van der Waals surface area contributed by atoms with Gasteiger partial charge in [0.1, 0.15) is 0 Å². The Morgan fingerprint density at radius 3 is 2.06 bits per heavy atom. The van der Waals surface area contributed by atoms with Gasteiger partial charge in [-0.15, -0.1) is 0 Å². The number of fused-ring (bicyclic) bond motifs is 1. The van der Waals surface area contributed by atoms with Gasteiger partial charge in [0.25, 0.3) is 0 Å². The standard InChI is InChI=1S/C37H44F6N6O5/c38-36(39,40)27-6-5-24(30(21-27)37(41,42)43)19-26(34(53)48-13-7-28(8-14-48)46-17-15-45(16-18-46)23-33(51)52)20-32(50)47-11-9-29(10-12-47)49-22-25-3-1-2-4-31(25)44-35(49)54/h1-6,21,26,28-29H,7-20,22-23H2,(H,44,54)(H,51,52). The fourth-order valence-corrected chi connectivity index (χ4v) is 8.18. The molecule has 0 aromatic heterocycles. The van der Waals surface area contributed by atoms with E-state index in [1.807, 2.05) is 29.2 Å². The molecule has 4 aliphatic rings. The van der Waals surface area contributed by atoms with E-state index in [4.69, 9.17) is 5.11 Å². The number of nitrogens with one attached hydrogen (secondary N) is 1. The van der Waals surface area contributed by atoms with Crippen LogP contribution in [0.25, 0.3) is 0 Å². The van der Waals surface area contributed by atoms with Gasteiger partial charge in [0.2, 0.25) is 11.8 Å².